The molecule has 0 saturated carbocycles. The monoisotopic (exact) mass is 269 g/mol. The van der Waals surface area contributed by atoms with Crippen LogP contribution in [0.2, 0.25) is 0 Å². The highest BCUT2D eigenvalue weighted by molar-refractivity contribution is 4.89. The minimum atomic E-state index is 0.0656. The van der Waals surface area contributed by atoms with Crippen molar-refractivity contribution in [2.75, 3.05) is 39.5 Å². The molecule has 110 valence electrons. The molecular weight excluding hydrogens is 242 g/mol. The van der Waals surface area contributed by atoms with Crippen molar-refractivity contribution in [3.05, 3.63) is 0 Å². The van der Waals surface area contributed by atoms with Gasteiger partial charge in [-0.15, -0.1) is 0 Å². The first kappa shape index (κ1) is 13.8. The molecular formula is C15H27NO3. The maximum absolute atomic E-state index is 6.12. The van der Waals surface area contributed by atoms with Gasteiger partial charge >= 0.3 is 0 Å². The number of hydrogen-bond acceptors (Lipinski definition) is 4. The van der Waals surface area contributed by atoms with Crippen LogP contribution in [0.5, 0.6) is 0 Å². The first-order valence-electron chi connectivity index (χ1n) is 7.90. The number of rotatable bonds is 4. The van der Waals surface area contributed by atoms with Gasteiger partial charge in [0.1, 0.15) is 0 Å². The second-order valence-electron chi connectivity index (χ2n) is 6.28. The van der Waals surface area contributed by atoms with E-state index in [1.807, 2.05) is 0 Å². The smallest absolute Gasteiger partial charge is 0.0751 e. The highest BCUT2D eigenvalue weighted by atomic mass is 16.5. The van der Waals surface area contributed by atoms with E-state index in [1.165, 1.54) is 25.9 Å². The Hall–Kier alpha value is -0.160. The molecule has 2 atom stereocenters. The Labute approximate surface area is 116 Å². The van der Waals surface area contributed by atoms with E-state index in [9.17, 15) is 0 Å². The van der Waals surface area contributed by atoms with Crippen molar-refractivity contribution in [3.8, 4) is 0 Å². The van der Waals surface area contributed by atoms with Gasteiger partial charge in [0.15, 0.2) is 0 Å². The van der Waals surface area contributed by atoms with Gasteiger partial charge in [-0.25, -0.2) is 0 Å². The van der Waals surface area contributed by atoms with Crippen molar-refractivity contribution in [1.82, 2.24) is 5.32 Å². The summed E-state index contributed by atoms with van der Waals surface area (Å²) < 4.78 is 17.6. The third-order valence-corrected chi connectivity index (χ3v) is 4.89. The minimum Gasteiger partial charge on any atom is -0.381 e. The summed E-state index contributed by atoms with van der Waals surface area (Å²) in [7, 11) is 0. The van der Waals surface area contributed by atoms with Crippen LogP contribution in [-0.2, 0) is 14.2 Å². The maximum Gasteiger partial charge on any atom is 0.0751 e. The topological polar surface area (TPSA) is 39.7 Å². The van der Waals surface area contributed by atoms with E-state index < -0.39 is 0 Å². The van der Waals surface area contributed by atoms with Crippen LogP contribution < -0.4 is 5.32 Å². The zero-order chi connectivity index (χ0) is 13.0. The van der Waals surface area contributed by atoms with Gasteiger partial charge in [-0.2, -0.15) is 0 Å². The van der Waals surface area contributed by atoms with Crippen LogP contribution in [0.1, 0.15) is 38.5 Å². The first-order valence-corrected chi connectivity index (χ1v) is 7.90. The molecule has 0 aromatic heterocycles. The molecule has 3 aliphatic rings. The van der Waals surface area contributed by atoms with Crippen molar-refractivity contribution < 1.29 is 14.2 Å². The number of ether oxygens (including phenoxy) is 3. The molecule has 0 aromatic rings. The number of hydrogen-bond donors (Lipinski definition) is 1. The van der Waals surface area contributed by atoms with E-state index in [0.717, 1.165) is 58.0 Å². The summed E-state index contributed by atoms with van der Waals surface area (Å²) in [6.45, 7) is 5.84. The lowest BCUT2D eigenvalue weighted by molar-refractivity contribution is -0.169. The summed E-state index contributed by atoms with van der Waals surface area (Å²) in [5.41, 5.74) is 0.0656. The van der Waals surface area contributed by atoms with Gasteiger partial charge in [0.05, 0.1) is 11.7 Å². The zero-order valence-electron chi connectivity index (χ0n) is 11.9. The second-order valence-corrected chi connectivity index (χ2v) is 6.28. The highest BCUT2D eigenvalue weighted by Crippen LogP contribution is 2.35. The minimum absolute atomic E-state index is 0.0656. The molecule has 3 aliphatic heterocycles. The van der Waals surface area contributed by atoms with Gasteiger partial charge in [0.2, 0.25) is 0 Å². The first-order chi connectivity index (χ1) is 9.36. The van der Waals surface area contributed by atoms with Gasteiger partial charge < -0.3 is 19.5 Å². The molecule has 3 saturated heterocycles. The molecule has 2 unspecified atom stereocenters. The second kappa shape index (κ2) is 6.53. The fourth-order valence-electron chi connectivity index (χ4n) is 3.58. The molecule has 1 N–H and O–H groups in total. The Morgan fingerprint density at radius 2 is 2.05 bits per heavy atom. The molecule has 4 nitrogen and oxygen atoms in total. The Kier molecular flexibility index (Phi) is 4.74. The van der Waals surface area contributed by atoms with E-state index in [-0.39, 0.29) is 5.60 Å². The third-order valence-electron chi connectivity index (χ3n) is 4.89. The maximum atomic E-state index is 6.12. The van der Waals surface area contributed by atoms with E-state index in [1.54, 1.807) is 0 Å². The fraction of sp³-hybridized carbons (Fsp3) is 1.00. The molecule has 0 bridgehead atoms. The van der Waals surface area contributed by atoms with Gasteiger partial charge in [0.25, 0.3) is 0 Å². The molecule has 3 rings (SSSR count). The molecule has 3 heterocycles. The lowest BCUT2D eigenvalue weighted by Crippen LogP contribution is -2.46. The molecule has 3 fully saturated rings. The predicted octanol–water partition coefficient (Wildman–Crippen LogP) is 1.73. The van der Waals surface area contributed by atoms with Gasteiger partial charge in [-0.05, 0) is 51.1 Å². The lowest BCUT2D eigenvalue weighted by atomic mass is 9.85. The predicted molar refractivity (Wildman–Crippen MR) is 73.3 cm³/mol. The normalized spacial score (nSPS) is 34.7. The Balaban J connectivity index is 1.40. The Bertz CT molecular complexity index is 267. The van der Waals surface area contributed by atoms with Crippen molar-refractivity contribution >= 4 is 0 Å². The van der Waals surface area contributed by atoms with Crippen LogP contribution in [0.25, 0.3) is 0 Å². The molecule has 19 heavy (non-hydrogen) atoms. The average Bonchev–Trinajstić information content (AvgIpc) is 2.93. The number of nitrogens with one attached hydrogen (secondary N) is 1. The lowest BCUT2D eigenvalue weighted by Gasteiger charge is -2.43. The van der Waals surface area contributed by atoms with Crippen molar-refractivity contribution in [3.63, 3.8) is 0 Å². The Morgan fingerprint density at radius 1 is 1.16 bits per heavy atom. The molecule has 0 aromatic carbocycles. The third kappa shape index (κ3) is 3.69. The van der Waals surface area contributed by atoms with E-state index >= 15 is 0 Å². The fourth-order valence-corrected chi connectivity index (χ4v) is 3.58. The van der Waals surface area contributed by atoms with Crippen molar-refractivity contribution in [1.29, 1.82) is 0 Å². The largest absolute Gasteiger partial charge is 0.381 e. The zero-order valence-corrected chi connectivity index (χ0v) is 11.9. The average molecular weight is 269 g/mol. The van der Waals surface area contributed by atoms with Crippen LogP contribution >= 0.6 is 0 Å². The molecule has 0 amide bonds. The SMILES string of the molecule is C1CC(CCOC2CCOC3(CCOCC3)C2)CN1. The summed E-state index contributed by atoms with van der Waals surface area (Å²) in [4.78, 5) is 0. The summed E-state index contributed by atoms with van der Waals surface area (Å²) in [5, 5.41) is 3.42. The van der Waals surface area contributed by atoms with E-state index in [0.29, 0.717) is 6.10 Å². The molecule has 0 aliphatic carbocycles. The summed E-state index contributed by atoms with van der Waals surface area (Å²) >= 11 is 0. The highest BCUT2D eigenvalue weighted by Gasteiger charge is 2.39. The van der Waals surface area contributed by atoms with Crippen molar-refractivity contribution in [2.45, 2.75) is 50.2 Å². The van der Waals surface area contributed by atoms with Crippen LogP contribution in [0.3, 0.4) is 0 Å². The van der Waals surface area contributed by atoms with Gasteiger partial charge in [0, 0.05) is 32.8 Å². The van der Waals surface area contributed by atoms with Crippen LogP contribution in [0.15, 0.2) is 0 Å². The van der Waals surface area contributed by atoms with E-state index in [2.05, 4.69) is 5.32 Å². The molecule has 1 spiro atoms. The quantitative estimate of drug-likeness (QED) is 0.844. The van der Waals surface area contributed by atoms with Gasteiger partial charge in [-0.3, -0.25) is 0 Å². The van der Waals surface area contributed by atoms with E-state index in [4.69, 9.17) is 14.2 Å². The summed E-state index contributed by atoms with van der Waals surface area (Å²) in [6, 6.07) is 0. The van der Waals surface area contributed by atoms with Crippen LogP contribution in [-0.4, -0.2) is 51.2 Å². The standard InChI is InChI=1S/C15H27NO3/c1-6-16-12-13(1)2-7-18-14-3-8-19-15(11-14)4-9-17-10-5-15/h13-14,16H,1-12H2. The molecule has 4 heteroatoms. The summed E-state index contributed by atoms with van der Waals surface area (Å²) in [5.74, 6) is 0.830. The van der Waals surface area contributed by atoms with Crippen LogP contribution in [0, 0.1) is 5.92 Å². The van der Waals surface area contributed by atoms with Crippen LogP contribution in [0.4, 0.5) is 0 Å². The van der Waals surface area contributed by atoms with Crippen molar-refractivity contribution in [2.24, 2.45) is 5.92 Å². The Morgan fingerprint density at radius 3 is 2.84 bits per heavy atom. The summed E-state index contributed by atoms with van der Waals surface area (Å²) in [6.07, 6.45) is 7.14. The molecule has 0 radical (unpaired) electrons. The van der Waals surface area contributed by atoms with Gasteiger partial charge in [-0.1, -0.05) is 0 Å².